The molecule has 0 saturated carbocycles. The minimum absolute atomic E-state index is 0.0241. The predicted molar refractivity (Wildman–Crippen MR) is 90.5 cm³/mol. The van der Waals surface area contributed by atoms with Gasteiger partial charge in [0.15, 0.2) is 10.8 Å². The van der Waals surface area contributed by atoms with Gasteiger partial charge < -0.3 is 5.11 Å². The minimum atomic E-state index is -0.855. The standard InChI is InChI=1S/C15H16N4O2S2/c1-2-10-16-14-12(8-5-3-4-6-9(8)23-14)13-17-18-15(19(10)13)22-7-11(20)21/h2-7H2,1H3,(H,20,21). The van der Waals surface area contributed by atoms with Crippen LogP contribution in [0.2, 0.25) is 0 Å². The average molecular weight is 348 g/mol. The molecular weight excluding hydrogens is 332 g/mol. The molecular formula is C15H16N4O2S2. The van der Waals surface area contributed by atoms with Gasteiger partial charge in [0.05, 0.1) is 11.1 Å². The maximum absolute atomic E-state index is 10.9. The van der Waals surface area contributed by atoms with Gasteiger partial charge in [0.2, 0.25) is 0 Å². The van der Waals surface area contributed by atoms with Gasteiger partial charge in [-0.15, -0.1) is 21.5 Å². The molecule has 120 valence electrons. The molecule has 0 atom stereocenters. The van der Waals surface area contributed by atoms with Gasteiger partial charge in [0.25, 0.3) is 0 Å². The van der Waals surface area contributed by atoms with Gasteiger partial charge in [0, 0.05) is 11.3 Å². The van der Waals surface area contributed by atoms with Crippen molar-refractivity contribution >= 4 is 44.9 Å². The normalized spacial score (nSPS) is 14.5. The number of aromatic nitrogens is 4. The molecule has 0 bridgehead atoms. The zero-order valence-electron chi connectivity index (χ0n) is 12.7. The first-order chi connectivity index (χ1) is 11.2. The van der Waals surface area contributed by atoms with Crippen LogP contribution in [-0.2, 0) is 24.1 Å². The van der Waals surface area contributed by atoms with Gasteiger partial charge in [-0.2, -0.15) is 0 Å². The van der Waals surface area contributed by atoms with Crippen molar-refractivity contribution in [3.63, 3.8) is 0 Å². The van der Waals surface area contributed by atoms with Crippen LogP contribution in [0.5, 0.6) is 0 Å². The summed E-state index contributed by atoms with van der Waals surface area (Å²) in [7, 11) is 0. The van der Waals surface area contributed by atoms with Crippen LogP contribution in [0.15, 0.2) is 5.16 Å². The summed E-state index contributed by atoms with van der Waals surface area (Å²) < 4.78 is 1.94. The molecule has 1 N–H and O–H groups in total. The SMILES string of the molecule is CCc1nc2sc3c(c2c2nnc(SCC(=O)O)n12)CCCC3. The Bertz CT molecular complexity index is 915. The molecule has 6 nitrogen and oxygen atoms in total. The lowest BCUT2D eigenvalue weighted by Gasteiger charge is -2.10. The summed E-state index contributed by atoms with van der Waals surface area (Å²) in [6.45, 7) is 2.05. The summed E-state index contributed by atoms with van der Waals surface area (Å²) >= 11 is 2.97. The topological polar surface area (TPSA) is 80.4 Å². The molecule has 3 aromatic rings. The van der Waals surface area contributed by atoms with Crippen molar-refractivity contribution in [2.45, 2.75) is 44.2 Å². The van der Waals surface area contributed by atoms with Crippen molar-refractivity contribution in [3.8, 4) is 0 Å². The van der Waals surface area contributed by atoms with Gasteiger partial charge in [-0.3, -0.25) is 9.20 Å². The molecule has 0 saturated heterocycles. The first-order valence-electron chi connectivity index (χ1n) is 7.72. The molecule has 3 aromatic heterocycles. The lowest BCUT2D eigenvalue weighted by Crippen LogP contribution is -2.04. The fourth-order valence-corrected chi connectivity index (χ4v) is 5.10. The summed E-state index contributed by atoms with van der Waals surface area (Å²) in [6, 6.07) is 0. The van der Waals surface area contributed by atoms with Crippen molar-refractivity contribution in [2.75, 3.05) is 5.75 Å². The molecule has 23 heavy (non-hydrogen) atoms. The Morgan fingerprint density at radius 1 is 1.35 bits per heavy atom. The highest BCUT2D eigenvalue weighted by atomic mass is 32.2. The van der Waals surface area contributed by atoms with Crippen LogP contribution in [0.25, 0.3) is 15.9 Å². The van der Waals surface area contributed by atoms with E-state index in [1.165, 1.54) is 35.0 Å². The fraction of sp³-hybridized carbons (Fsp3) is 0.467. The van der Waals surface area contributed by atoms with Crippen LogP contribution in [-0.4, -0.2) is 36.4 Å². The highest BCUT2D eigenvalue weighted by Gasteiger charge is 2.23. The molecule has 0 spiro atoms. The smallest absolute Gasteiger partial charge is 0.313 e. The zero-order chi connectivity index (χ0) is 16.0. The van der Waals surface area contributed by atoms with Gasteiger partial charge in [-0.05, 0) is 31.2 Å². The second-order valence-electron chi connectivity index (χ2n) is 5.60. The maximum atomic E-state index is 10.9. The number of aliphatic carboxylic acids is 1. The van der Waals surface area contributed by atoms with E-state index in [1.807, 2.05) is 11.3 Å². The van der Waals surface area contributed by atoms with Gasteiger partial charge in [-0.25, -0.2) is 4.98 Å². The summed E-state index contributed by atoms with van der Waals surface area (Å²) in [4.78, 5) is 18.2. The Hall–Kier alpha value is -1.67. The first kappa shape index (κ1) is 14.9. The number of thiophene rings is 1. The average Bonchev–Trinajstić information content (AvgIpc) is 3.12. The Morgan fingerprint density at radius 2 is 2.17 bits per heavy atom. The summed E-state index contributed by atoms with van der Waals surface area (Å²) in [6.07, 6.45) is 5.40. The van der Waals surface area contributed by atoms with E-state index >= 15 is 0 Å². The van der Waals surface area contributed by atoms with E-state index in [4.69, 9.17) is 10.1 Å². The third kappa shape index (κ3) is 2.40. The third-order valence-electron chi connectivity index (χ3n) is 4.14. The molecule has 0 radical (unpaired) electrons. The van der Waals surface area contributed by atoms with Crippen molar-refractivity contribution in [3.05, 3.63) is 16.3 Å². The number of carbonyl (C=O) groups is 1. The highest BCUT2D eigenvalue weighted by Crippen LogP contribution is 2.38. The molecule has 8 heteroatoms. The zero-order valence-corrected chi connectivity index (χ0v) is 14.3. The second kappa shape index (κ2) is 5.76. The Balaban J connectivity index is 1.97. The summed E-state index contributed by atoms with van der Waals surface area (Å²) in [5.74, 6) is 0.0136. The van der Waals surface area contributed by atoms with Crippen molar-refractivity contribution < 1.29 is 9.90 Å². The predicted octanol–water partition coefficient (Wildman–Crippen LogP) is 2.96. The lowest BCUT2D eigenvalue weighted by atomic mass is 9.97. The van der Waals surface area contributed by atoms with Gasteiger partial charge in [-0.1, -0.05) is 18.7 Å². The number of nitrogens with zero attached hydrogens (tertiary/aromatic N) is 4. The van der Waals surface area contributed by atoms with E-state index in [1.54, 1.807) is 11.3 Å². The molecule has 1 aliphatic carbocycles. The summed E-state index contributed by atoms with van der Waals surface area (Å²) in [5.41, 5.74) is 2.21. The van der Waals surface area contributed by atoms with Crippen LogP contribution in [0.3, 0.4) is 0 Å². The molecule has 0 aliphatic heterocycles. The van der Waals surface area contributed by atoms with E-state index in [2.05, 4.69) is 10.2 Å². The minimum Gasteiger partial charge on any atom is -0.481 e. The number of fused-ring (bicyclic) bond motifs is 5. The van der Waals surface area contributed by atoms with E-state index < -0.39 is 5.97 Å². The lowest BCUT2D eigenvalue weighted by molar-refractivity contribution is -0.133. The van der Waals surface area contributed by atoms with Crippen LogP contribution >= 0.6 is 23.1 Å². The Kier molecular flexibility index (Phi) is 3.73. The van der Waals surface area contributed by atoms with E-state index in [0.717, 1.165) is 41.0 Å². The Morgan fingerprint density at radius 3 is 2.96 bits per heavy atom. The van der Waals surface area contributed by atoms with Crippen molar-refractivity contribution in [1.82, 2.24) is 19.6 Å². The van der Waals surface area contributed by atoms with Crippen LogP contribution in [0.4, 0.5) is 0 Å². The monoisotopic (exact) mass is 348 g/mol. The van der Waals surface area contributed by atoms with Gasteiger partial charge >= 0.3 is 5.97 Å². The molecule has 3 heterocycles. The van der Waals surface area contributed by atoms with E-state index in [0.29, 0.717) is 5.16 Å². The third-order valence-corrected chi connectivity index (χ3v) is 6.24. The number of carboxylic acids is 1. The number of aryl methyl sites for hydroxylation is 3. The van der Waals surface area contributed by atoms with Crippen LogP contribution in [0, 0.1) is 0 Å². The van der Waals surface area contributed by atoms with Crippen LogP contribution < -0.4 is 0 Å². The first-order valence-corrected chi connectivity index (χ1v) is 9.52. The molecule has 4 rings (SSSR count). The maximum Gasteiger partial charge on any atom is 0.313 e. The molecule has 1 aliphatic rings. The molecule has 0 fully saturated rings. The van der Waals surface area contributed by atoms with Crippen molar-refractivity contribution in [2.24, 2.45) is 0 Å². The molecule has 0 amide bonds. The van der Waals surface area contributed by atoms with Crippen LogP contribution in [0.1, 0.15) is 36.0 Å². The van der Waals surface area contributed by atoms with E-state index in [-0.39, 0.29) is 5.75 Å². The quantitative estimate of drug-likeness (QED) is 0.730. The number of hydrogen-bond donors (Lipinski definition) is 1. The molecule has 0 unspecified atom stereocenters. The van der Waals surface area contributed by atoms with Gasteiger partial charge in [0.1, 0.15) is 10.7 Å². The molecule has 0 aromatic carbocycles. The van der Waals surface area contributed by atoms with Crippen molar-refractivity contribution in [1.29, 1.82) is 0 Å². The van der Waals surface area contributed by atoms with E-state index in [9.17, 15) is 4.79 Å². The summed E-state index contributed by atoms with van der Waals surface area (Å²) in [5, 5.41) is 19.3. The number of thioether (sulfide) groups is 1. The number of carboxylic acid groups (broad SMARTS) is 1. The fourth-order valence-electron chi connectivity index (χ4n) is 3.15. The Labute approximate surface area is 140 Å². The number of rotatable bonds is 4. The second-order valence-corrected chi connectivity index (χ2v) is 7.62. The highest BCUT2D eigenvalue weighted by molar-refractivity contribution is 7.99. The number of hydrogen-bond acceptors (Lipinski definition) is 6. The largest absolute Gasteiger partial charge is 0.481 e.